The van der Waals surface area contributed by atoms with Gasteiger partial charge >= 0.3 is 0 Å². The van der Waals surface area contributed by atoms with E-state index in [4.69, 9.17) is 5.73 Å². The fourth-order valence-electron chi connectivity index (χ4n) is 3.10. The average molecular weight is 260 g/mol. The highest BCUT2D eigenvalue weighted by Crippen LogP contribution is 2.37. The molecule has 2 saturated carbocycles. The number of amides is 1. The molecule has 2 aliphatic carbocycles. The maximum absolute atomic E-state index is 13.0. The summed E-state index contributed by atoms with van der Waals surface area (Å²) in [6, 6.07) is 0. The van der Waals surface area contributed by atoms with Gasteiger partial charge in [0.15, 0.2) is 0 Å². The second-order valence-electron chi connectivity index (χ2n) is 5.81. The van der Waals surface area contributed by atoms with Crippen molar-refractivity contribution in [1.29, 1.82) is 0 Å². The maximum Gasteiger partial charge on any atom is 0.248 e. The molecule has 0 spiro atoms. The van der Waals surface area contributed by atoms with E-state index in [1.54, 1.807) is 0 Å². The Balaban J connectivity index is 1.88. The van der Waals surface area contributed by atoms with Gasteiger partial charge in [-0.05, 0) is 25.7 Å². The quantitative estimate of drug-likeness (QED) is 0.817. The number of hydrogen-bond acceptors (Lipinski definition) is 2. The minimum atomic E-state index is -2.57. The van der Waals surface area contributed by atoms with Crippen molar-refractivity contribution in [3.05, 3.63) is 0 Å². The smallest absolute Gasteiger partial charge is 0.248 e. The minimum Gasteiger partial charge on any atom is -0.349 e. The van der Waals surface area contributed by atoms with Crippen LogP contribution in [0.1, 0.15) is 51.4 Å². The van der Waals surface area contributed by atoms with Gasteiger partial charge in [-0.25, -0.2) is 8.78 Å². The van der Waals surface area contributed by atoms with Crippen molar-refractivity contribution >= 4 is 5.91 Å². The van der Waals surface area contributed by atoms with Crippen molar-refractivity contribution < 1.29 is 13.6 Å². The molecule has 1 amide bonds. The maximum atomic E-state index is 13.0. The highest BCUT2D eigenvalue weighted by molar-refractivity contribution is 5.79. The van der Waals surface area contributed by atoms with Crippen LogP contribution >= 0.6 is 0 Å². The normalized spacial score (nSPS) is 27.1. The summed E-state index contributed by atoms with van der Waals surface area (Å²) in [5.74, 6) is -2.90. The first-order chi connectivity index (χ1) is 8.46. The molecule has 0 aromatic heterocycles. The number of carbonyl (C=O) groups excluding carboxylic acids is 1. The van der Waals surface area contributed by atoms with Gasteiger partial charge in [0.25, 0.3) is 0 Å². The van der Waals surface area contributed by atoms with E-state index in [9.17, 15) is 13.6 Å². The fraction of sp³-hybridized carbons (Fsp3) is 0.923. The van der Waals surface area contributed by atoms with E-state index < -0.39 is 5.92 Å². The van der Waals surface area contributed by atoms with Gasteiger partial charge in [0.1, 0.15) is 0 Å². The second-order valence-corrected chi connectivity index (χ2v) is 5.81. The molecule has 5 heteroatoms. The van der Waals surface area contributed by atoms with E-state index in [1.807, 2.05) is 0 Å². The summed E-state index contributed by atoms with van der Waals surface area (Å²) in [7, 11) is 0. The monoisotopic (exact) mass is 260 g/mol. The molecular weight excluding hydrogens is 238 g/mol. The lowest BCUT2D eigenvalue weighted by Crippen LogP contribution is -2.53. The van der Waals surface area contributed by atoms with E-state index in [-0.39, 0.29) is 30.2 Å². The molecule has 3 nitrogen and oxygen atoms in total. The Hall–Kier alpha value is -0.710. The van der Waals surface area contributed by atoms with Crippen molar-refractivity contribution in [2.45, 2.75) is 62.8 Å². The molecule has 2 rings (SSSR count). The molecule has 0 radical (unpaired) electrons. The fourth-order valence-corrected chi connectivity index (χ4v) is 3.10. The number of carbonyl (C=O) groups is 1. The molecule has 2 aliphatic rings. The summed E-state index contributed by atoms with van der Waals surface area (Å²) in [4.78, 5) is 12.1. The predicted molar refractivity (Wildman–Crippen MR) is 65.3 cm³/mol. The number of hydrogen-bond donors (Lipinski definition) is 2. The van der Waals surface area contributed by atoms with Crippen LogP contribution in [0, 0.1) is 5.92 Å². The van der Waals surface area contributed by atoms with Crippen LogP contribution in [0.5, 0.6) is 0 Å². The highest BCUT2D eigenvalue weighted by atomic mass is 19.3. The number of nitrogens with two attached hydrogens (primary N) is 1. The molecule has 0 aromatic carbocycles. The van der Waals surface area contributed by atoms with E-state index in [1.165, 1.54) is 0 Å². The molecule has 0 atom stereocenters. The van der Waals surface area contributed by atoms with Crippen LogP contribution in [0.25, 0.3) is 0 Å². The molecule has 18 heavy (non-hydrogen) atoms. The van der Waals surface area contributed by atoms with Crippen molar-refractivity contribution in [2.75, 3.05) is 6.54 Å². The molecular formula is C13H22F2N2O. The zero-order valence-electron chi connectivity index (χ0n) is 10.7. The Bertz CT molecular complexity index is 304. The standard InChI is InChI=1S/C13H22F2N2O/c14-13(15)7-3-10(4-8-13)11(18)17-12(9-16)5-1-2-6-12/h10H,1-9,16H2,(H,17,18). The predicted octanol–water partition coefficient (Wildman–Crippen LogP) is 2.20. The Morgan fingerprint density at radius 3 is 2.22 bits per heavy atom. The first-order valence-electron chi connectivity index (χ1n) is 6.86. The van der Waals surface area contributed by atoms with Gasteiger partial charge in [0.05, 0.1) is 5.54 Å². The Morgan fingerprint density at radius 1 is 1.17 bits per heavy atom. The summed E-state index contributed by atoms with van der Waals surface area (Å²) >= 11 is 0. The Labute approximate surface area is 106 Å². The summed E-state index contributed by atoms with van der Waals surface area (Å²) in [5.41, 5.74) is 5.49. The molecule has 3 N–H and O–H groups in total. The van der Waals surface area contributed by atoms with Gasteiger partial charge < -0.3 is 11.1 Å². The van der Waals surface area contributed by atoms with Crippen LogP contribution < -0.4 is 11.1 Å². The Kier molecular flexibility index (Phi) is 3.90. The highest BCUT2D eigenvalue weighted by Gasteiger charge is 2.40. The first-order valence-corrected chi connectivity index (χ1v) is 6.86. The number of halogens is 2. The lowest BCUT2D eigenvalue weighted by molar-refractivity contribution is -0.131. The third kappa shape index (κ3) is 2.99. The van der Waals surface area contributed by atoms with Crippen LogP contribution in [0.2, 0.25) is 0 Å². The van der Waals surface area contributed by atoms with Gasteiger partial charge in [0, 0.05) is 25.3 Å². The zero-order valence-corrected chi connectivity index (χ0v) is 10.7. The van der Waals surface area contributed by atoms with Gasteiger partial charge in [0.2, 0.25) is 11.8 Å². The molecule has 0 aromatic rings. The zero-order chi connectivity index (χ0) is 13.2. The van der Waals surface area contributed by atoms with Crippen LogP contribution in [0.4, 0.5) is 8.78 Å². The lowest BCUT2D eigenvalue weighted by atomic mass is 9.85. The summed E-state index contributed by atoms with van der Waals surface area (Å²) in [6.07, 6.45) is 4.25. The van der Waals surface area contributed by atoms with Crippen LogP contribution in [-0.2, 0) is 4.79 Å². The van der Waals surface area contributed by atoms with Gasteiger partial charge in [-0.15, -0.1) is 0 Å². The largest absolute Gasteiger partial charge is 0.349 e. The number of rotatable bonds is 3. The molecule has 0 aliphatic heterocycles. The van der Waals surface area contributed by atoms with Crippen LogP contribution in [0.3, 0.4) is 0 Å². The molecule has 2 fully saturated rings. The van der Waals surface area contributed by atoms with Crippen molar-refractivity contribution in [3.63, 3.8) is 0 Å². The Morgan fingerprint density at radius 2 is 1.72 bits per heavy atom. The molecule has 0 unspecified atom stereocenters. The molecule has 104 valence electrons. The summed E-state index contributed by atoms with van der Waals surface area (Å²) in [6.45, 7) is 0.446. The second kappa shape index (κ2) is 5.11. The summed E-state index contributed by atoms with van der Waals surface area (Å²) in [5, 5.41) is 3.03. The third-order valence-electron chi connectivity index (χ3n) is 4.43. The third-order valence-corrected chi connectivity index (χ3v) is 4.43. The molecule has 0 saturated heterocycles. The summed E-state index contributed by atoms with van der Waals surface area (Å²) < 4.78 is 26.1. The molecule has 0 bridgehead atoms. The number of alkyl halides is 2. The van der Waals surface area contributed by atoms with Crippen molar-refractivity contribution in [3.8, 4) is 0 Å². The SMILES string of the molecule is NCC1(NC(=O)C2CCC(F)(F)CC2)CCCC1. The first kappa shape index (κ1) is 13.7. The minimum absolute atomic E-state index is 0.0714. The van der Waals surface area contributed by atoms with E-state index >= 15 is 0 Å². The lowest BCUT2D eigenvalue weighted by Gasteiger charge is -2.33. The van der Waals surface area contributed by atoms with E-state index in [0.717, 1.165) is 25.7 Å². The number of nitrogens with one attached hydrogen (secondary N) is 1. The topological polar surface area (TPSA) is 55.1 Å². The van der Waals surface area contributed by atoms with Crippen LogP contribution in [-0.4, -0.2) is 23.9 Å². The van der Waals surface area contributed by atoms with Gasteiger partial charge in [-0.3, -0.25) is 4.79 Å². The average Bonchev–Trinajstić information content (AvgIpc) is 2.78. The van der Waals surface area contributed by atoms with Gasteiger partial charge in [-0.1, -0.05) is 12.8 Å². The molecule has 0 heterocycles. The van der Waals surface area contributed by atoms with Crippen molar-refractivity contribution in [1.82, 2.24) is 5.32 Å². The van der Waals surface area contributed by atoms with E-state index in [2.05, 4.69) is 5.32 Å². The van der Waals surface area contributed by atoms with E-state index in [0.29, 0.717) is 19.4 Å². The van der Waals surface area contributed by atoms with Crippen molar-refractivity contribution in [2.24, 2.45) is 11.7 Å². The van der Waals surface area contributed by atoms with Crippen LogP contribution in [0.15, 0.2) is 0 Å². The van der Waals surface area contributed by atoms with Gasteiger partial charge in [-0.2, -0.15) is 0 Å².